The summed E-state index contributed by atoms with van der Waals surface area (Å²) in [5.74, 6) is 0.124. The van der Waals surface area contributed by atoms with Gasteiger partial charge < -0.3 is 5.32 Å². The molecule has 0 aromatic carbocycles. The molecule has 0 aliphatic carbocycles. The first-order chi connectivity index (χ1) is 7.60. The number of carbonyl (C=O) groups excluding carboxylic acids is 1. The molecule has 0 saturated carbocycles. The molecule has 0 heterocycles. The third kappa shape index (κ3) is 6.14. The molecule has 0 aliphatic heterocycles. The molecule has 1 amide bonds. The first-order valence-electron chi connectivity index (χ1n) is 6.89. The number of hydrogen-bond acceptors (Lipinski definition) is 1. The highest BCUT2D eigenvalue weighted by Crippen LogP contribution is 2.26. The Hall–Kier alpha value is -0.530. The molecule has 2 nitrogen and oxygen atoms in total. The molecule has 1 N–H and O–H groups in total. The van der Waals surface area contributed by atoms with Gasteiger partial charge in [-0.3, -0.25) is 4.79 Å². The summed E-state index contributed by atoms with van der Waals surface area (Å²) in [5.41, 5.74) is 0.0739. The van der Waals surface area contributed by atoms with Crippen molar-refractivity contribution in [2.24, 2.45) is 0 Å². The first kappa shape index (κ1) is 15.5. The van der Waals surface area contributed by atoms with Gasteiger partial charge in [-0.1, -0.05) is 52.9 Å². The lowest BCUT2D eigenvalue weighted by Gasteiger charge is -2.34. The quantitative estimate of drug-likeness (QED) is 0.592. The van der Waals surface area contributed by atoms with Gasteiger partial charge in [0.1, 0.15) is 0 Å². The maximum atomic E-state index is 11.3. The summed E-state index contributed by atoms with van der Waals surface area (Å²) in [5, 5.41) is 3.22. The monoisotopic (exact) mass is 227 g/mol. The first-order valence-corrected chi connectivity index (χ1v) is 6.89. The van der Waals surface area contributed by atoms with E-state index >= 15 is 0 Å². The molecular formula is C14H29NO. The molecule has 0 fully saturated rings. The van der Waals surface area contributed by atoms with Crippen molar-refractivity contribution in [1.29, 1.82) is 0 Å². The minimum Gasteiger partial charge on any atom is -0.351 e. The van der Waals surface area contributed by atoms with Crippen LogP contribution in [0.5, 0.6) is 0 Å². The van der Waals surface area contributed by atoms with Gasteiger partial charge in [0.05, 0.1) is 0 Å². The molecular weight excluding hydrogens is 198 g/mol. The van der Waals surface area contributed by atoms with Gasteiger partial charge in [0, 0.05) is 12.5 Å². The Balaban J connectivity index is 4.43. The average molecular weight is 227 g/mol. The summed E-state index contributed by atoms with van der Waals surface area (Å²) in [4.78, 5) is 11.3. The van der Waals surface area contributed by atoms with Gasteiger partial charge in [-0.2, -0.15) is 0 Å². The van der Waals surface area contributed by atoms with E-state index in [4.69, 9.17) is 0 Å². The van der Waals surface area contributed by atoms with Crippen molar-refractivity contribution in [2.75, 3.05) is 0 Å². The van der Waals surface area contributed by atoms with Crippen molar-refractivity contribution in [1.82, 2.24) is 5.32 Å². The summed E-state index contributed by atoms with van der Waals surface area (Å²) in [6.07, 6.45) is 9.41. The molecule has 0 aromatic heterocycles. The third-order valence-electron chi connectivity index (χ3n) is 3.16. The standard InChI is InChI=1S/C14H29NO/c1-5-8-9-12-14(10-6-2,11-7-3)15-13(4)16/h5-12H2,1-4H3,(H,15,16). The van der Waals surface area contributed by atoms with Crippen LogP contribution in [-0.4, -0.2) is 11.4 Å². The van der Waals surface area contributed by atoms with Gasteiger partial charge in [-0.15, -0.1) is 0 Å². The average Bonchev–Trinajstić information content (AvgIpc) is 2.17. The summed E-state index contributed by atoms with van der Waals surface area (Å²) in [6.45, 7) is 8.26. The maximum Gasteiger partial charge on any atom is 0.217 e. The molecule has 16 heavy (non-hydrogen) atoms. The van der Waals surface area contributed by atoms with Crippen molar-refractivity contribution in [3.05, 3.63) is 0 Å². The molecule has 0 bridgehead atoms. The van der Waals surface area contributed by atoms with Gasteiger partial charge in [-0.25, -0.2) is 0 Å². The van der Waals surface area contributed by atoms with Crippen molar-refractivity contribution in [2.45, 2.75) is 84.6 Å². The lowest BCUT2D eigenvalue weighted by atomic mass is 9.83. The van der Waals surface area contributed by atoms with E-state index < -0.39 is 0 Å². The van der Waals surface area contributed by atoms with Gasteiger partial charge in [0.15, 0.2) is 0 Å². The van der Waals surface area contributed by atoms with Gasteiger partial charge in [-0.05, 0) is 19.3 Å². The lowest BCUT2D eigenvalue weighted by Crippen LogP contribution is -2.47. The summed E-state index contributed by atoms with van der Waals surface area (Å²) >= 11 is 0. The normalized spacial score (nSPS) is 11.5. The zero-order valence-electron chi connectivity index (χ0n) is 11.6. The molecule has 0 aromatic rings. The van der Waals surface area contributed by atoms with Gasteiger partial charge in [0.25, 0.3) is 0 Å². The molecule has 2 heteroatoms. The fourth-order valence-corrected chi connectivity index (χ4v) is 2.61. The smallest absolute Gasteiger partial charge is 0.217 e. The van der Waals surface area contributed by atoms with Gasteiger partial charge >= 0.3 is 0 Å². The molecule has 0 saturated heterocycles. The maximum absolute atomic E-state index is 11.3. The predicted octanol–water partition coefficient (Wildman–Crippen LogP) is 4.04. The SMILES string of the molecule is CCCCCC(CCC)(CCC)NC(C)=O. The highest BCUT2D eigenvalue weighted by Gasteiger charge is 2.28. The largest absolute Gasteiger partial charge is 0.351 e. The van der Waals surface area contributed by atoms with Crippen LogP contribution in [0.3, 0.4) is 0 Å². The Morgan fingerprint density at radius 3 is 1.88 bits per heavy atom. The minimum atomic E-state index is 0.0739. The van der Waals surface area contributed by atoms with E-state index in [9.17, 15) is 4.79 Å². The number of carbonyl (C=O) groups is 1. The van der Waals surface area contributed by atoms with E-state index in [1.165, 1.54) is 19.3 Å². The predicted molar refractivity (Wildman–Crippen MR) is 70.5 cm³/mol. The fourth-order valence-electron chi connectivity index (χ4n) is 2.61. The summed E-state index contributed by atoms with van der Waals surface area (Å²) in [7, 11) is 0. The number of amides is 1. The number of unbranched alkanes of at least 4 members (excludes halogenated alkanes) is 2. The van der Waals surface area contributed by atoms with Crippen LogP contribution in [0, 0.1) is 0 Å². The number of rotatable bonds is 9. The molecule has 0 rings (SSSR count). The number of hydrogen-bond donors (Lipinski definition) is 1. The van der Waals surface area contributed by atoms with Crippen molar-refractivity contribution >= 4 is 5.91 Å². The molecule has 0 radical (unpaired) electrons. The Morgan fingerprint density at radius 2 is 1.50 bits per heavy atom. The highest BCUT2D eigenvalue weighted by molar-refractivity contribution is 5.73. The summed E-state index contributed by atoms with van der Waals surface area (Å²) in [6, 6.07) is 0. The van der Waals surface area contributed by atoms with E-state index in [-0.39, 0.29) is 11.4 Å². The van der Waals surface area contributed by atoms with E-state index in [2.05, 4.69) is 26.1 Å². The van der Waals surface area contributed by atoms with Crippen LogP contribution in [0.1, 0.15) is 79.1 Å². The molecule has 0 spiro atoms. The van der Waals surface area contributed by atoms with Crippen LogP contribution in [0.2, 0.25) is 0 Å². The van der Waals surface area contributed by atoms with Crippen molar-refractivity contribution in [3.63, 3.8) is 0 Å². The van der Waals surface area contributed by atoms with Crippen LogP contribution in [0.4, 0.5) is 0 Å². The zero-order valence-corrected chi connectivity index (χ0v) is 11.6. The van der Waals surface area contributed by atoms with Crippen LogP contribution < -0.4 is 5.32 Å². The van der Waals surface area contributed by atoms with Crippen LogP contribution in [-0.2, 0) is 4.79 Å². The Bertz CT molecular complexity index is 183. The molecule has 0 unspecified atom stereocenters. The second kappa shape index (κ2) is 8.60. The fraction of sp³-hybridized carbons (Fsp3) is 0.929. The Morgan fingerprint density at radius 1 is 0.938 bits per heavy atom. The van der Waals surface area contributed by atoms with Crippen LogP contribution in [0.25, 0.3) is 0 Å². The zero-order chi connectivity index (χ0) is 12.4. The van der Waals surface area contributed by atoms with Crippen molar-refractivity contribution in [3.8, 4) is 0 Å². The highest BCUT2D eigenvalue weighted by atomic mass is 16.1. The molecule has 0 aliphatic rings. The lowest BCUT2D eigenvalue weighted by molar-refractivity contribution is -0.121. The van der Waals surface area contributed by atoms with Crippen LogP contribution in [0.15, 0.2) is 0 Å². The van der Waals surface area contributed by atoms with E-state index in [0.29, 0.717) is 0 Å². The molecule has 0 atom stereocenters. The van der Waals surface area contributed by atoms with Crippen molar-refractivity contribution < 1.29 is 4.79 Å². The number of nitrogens with one attached hydrogen (secondary N) is 1. The topological polar surface area (TPSA) is 29.1 Å². The Labute approximate surface area is 101 Å². The van der Waals surface area contributed by atoms with E-state index in [1.54, 1.807) is 6.92 Å². The van der Waals surface area contributed by atoms with Gasteiger partial charge in [0.2, 0.25) is 5.91 Å². The van der Waals surface area contributed by atoms with E-state index in [0.717, 1.165) is 32.1 Å². The summed E-state index contributed by atoms with van der Waals surface area (Å²) < 4.78 is 0. The van der Waals surface area contributed by atoms with E-state index in [1.807, 2.05) is 0 Å². The second-order valence-corrected chi connectivity index (χ2v) is 4.92. The van der Waals surface area contributed by atoms with Crippen LogP contribution >= 0.6 is 0 Å². The second-order valence-electron chi connectivity index (χ2n) is 4.92. The Kier molecular flexibility index (Phi) is 8.32. The molecule has 96 valence electrons. The minimum absolute atomic E-state index is 0.0739. The third-order valence-corrected chi connectivity index (χ3v) is 3.16.